The van der Waals surface area contributed by atoms with Gasteiger partial charge in [-0.1, -0.05) is 12.0 Å². The molecule has 0 aliphatic rings. The zero-order valence-electron chi connectivity index (χ0n) is 14.3. The van der Waals surface area contributed by atoms with Crippen LogP contribution >= 0.6 is 0 Å². The first-order valence-corrected chi connectivity index (χ1v) is 7.54. The standard InChI is InChI=1S/C15H20N4O6/c1-10(17-18-16)11-8-13(23-2)14(9-12(11)19(21)22)25-7-5-4-6-15(20)24-3/h8-10H,4-7H2,1-3H3. The van der Waals surface area contributed by atoms with E-state index in [-0.39, 0.29) is 36.0 Å². The highest BCUT2D eigenvalue weighted by molar-refractivity contribution is 5.68. The summed E-state index contributed by atoms with van der Waals surface area (Å²) in [5.74, 6) is 0.210. The van der Waals surface area contributed by atoms with Crippen LogP contribution in [0.2, 0.25) is 0 Å². The van der Waals surface area contributed by atoms with E-state index in [1.54, 1.807) is 6.92 Å². The van der Waals surface area contributed by atoms with Crippen molar-refractivity contribution in [1.29, 1.82) is 0 Å². The van der Waals surface area contributed by atoms with E-state index in [4.69, 9.17) is 15.0 Å². The number of esters is 1. The number of benzene rings is 1. The first-order chi connectivity index (χ1) is 11.9. The fraction of sp³-hybridized carbons (Fsp3) is 0.533. The van der Waals surface area contributed by atoms with Gasteiger partial charge in [0.2, 0.25) is 0 Å². The molecule has 0 radical (unpaired) electrons. The van der Waals surface area contributed by atoms with Crippen molar-refractivity contribution in [2.24, 2.45) is 5.11 Å². The molecular formula is C15H20N4O6. The summed E-state index contributed by atoms with van der Waals surface area (Å²) in [6.45, 7) is 1.81. The van der Waals surface area contributed by atoms with Gasteiger partial charge >= 0.3 is 5.97 Å². The zero-order chi connectivity index (χ0) is 18.8. The number of hydrogen-bond acceptors (Lipinski definition) is 7. The predicted molar refractivity (Wildman–Crippen MR) is 88.6 cm³/mol. The SMILES string of the molecule is COC(=O)CCCCOc1cc([N+](=O)[O-])c(C(C)N=[N+]=[N-])cc1OC. The molecule has 0 amide bonds. The molecule has 136 valence electrons. The average molecular weight is 352 g/mol. The summed E-state index contributed by atoms with van der Waals surface area (Å²) in [6, 6.07) is 1.95. The van der Waals surface area contributed by atoms with E-state index >= 15 is 0 Å². The largest absolute Gasteiger partial charge is 0.493 e. The van der Waals surface area contributed by atoms with E-state index in [1.807, 2.05) is 0 Å². The number of hydrogen-bond donors (Lipinski definition) is 0. The van der Waals surface area contributed by atoms with E-state index in [0.717, 1.165) is 0 Å². The topological polar surface area (TPSA) is 137 Å². The number of nitro groups is 1. The molecule has 25 heavy (non-hydrogen) atoms. The zero-order valence-corrected chi connectivity index (χ0v) is 14.3. The van der Waals surface area contributed by atoms with Crippen molar-refractivity contribution >= 4 is 11.7 Å². The Bertz CT molecular complexity index is 672. The van der Waals surface area contributed by atoms with E-state index in [0.29, 0.717) is 18.6 Å². The molecule has 0 N–H and O–H groups in total. The number of nitro benzene ring substituents is 1. The van der Waals surface area contributed by atoms with Crippen LogP contribution in [0.15, 0.2) is 17.2 Å². The molecule has 1 rings (SSSR count). The molecule has 1 aromatic rings. The maximum absolute atomic E-state index is 11.3. The minimum Gasteiger partial charge on any atom is -0.493 e. The Morgan fingerprint density at radius 2 is 2.08 bits per heavy atom. The van der Waals surface area contributed by atoms with Gasteiger partial charge < -0.3 is 14.2 Å². The van der Waals surface area contributed by atoms with Crippen molar-refractivity contribution in [2.75, 3.05) is 20.8 Å². The highest BCUT2D eigenvalue weighted by Gasteiger charge is 2.23. The van der Waals surface area contributed by atoms with Crippen molar-refractivity contribution in [1.82, 2.24) is 0 Å². The van der Waals surface area contributed by atoms with E-state index < -0.39 is 11.0 Å². The maximum atomic E-state index is 11.3. The number of carbonyl (C=O) groups is 1. The molecule has 1 unspecified atom stereocenters. The van der Waals surface area contributed by atoms with Crippen LogP contribution in [0.4, 0.5) is 5.69 Å². The molecule has 0 aromatic heterocycles. The molecule has 0 saturated heterocycles. The van der Waals surface area contributed by atoms with Crippen LogP contribution in [0.5, 0.6) is 11.5 Å². The molecule has 0 fully saturated rings. The number of unbranched alkanes of at least 4 members (excludes halogenated alkanes) is 1. The van der Waals surface area contributed by atoms with Gasteiger partial charge in [0, 0.05) is 16.9 Å². The van der Waals surface area contributed by atoms with Crippen LogP contribution in [-0.2, 0) is 9.53 Å². The second-order valence-corrected chi connectivity index (χ2v) is 5.08. The Labute approximate surface area is 144 Å². The lowest BCUT2D eigenvalue weighted by Gasteiger charge is -2.14. The number of methoxy groups -OCH3 is 2. The van der Waals surface area contributed by atoms with Crippen LogP contribution < -0.4 is 9.47 Å². The van der Waals surface area contributed by atoms with Crippen LogP contribution in [0.1, 0.15) is 37.8 Å². The summed E-state index contributed by atoms with van der Waals surface area (Å²) >= 11 is 0. The molecule has 0 bridgehead atoms. The summed E-state index contributed by atoms with van der Waals surface area (Å²) in [7, 11) is 2.73. The van der Waals surface area contributed by atoms with Crippen molar-refractivity contribution in [3.05, 3.63) is 38.3 Å². The normalized spacial score (nSPS) is 11.2. The van der Waals surface area contributed by atoms with Crippen LogP contribution in [0, 0.1) is 10.1 Å². The third kappa shape index (κ3) is 5.85. The predicted octanol–water partition coefficient (Wildman–Crippen LogP) is 3.70. The summed E-state index contributed by atoms with van der Waals surface area (Å²) in [6.07, 6.45) is 1.42. The minimum absolute atomic E-state index is 0.212. The average Bonchev–Trinajstić information content (AvgIpc) is 2.60. The Kier molecular flexibility index (Phi) is 8.01. The molecule has 10 nitrogen and oxygen atoms in total. The number of carbonyl (C=O) groups excluding carboxylic acids is 1. The second-order valence-electron chi connectivity index (χ2n) is 5.08. The highest BCUT2D eigenvalue weighted by atomic mass is 16.6. The van der Waals surface area contributed by atoms with Crippen LogP contribution in [0.3, 0.4) is 0 Å². The van der Waals surface area contributed by atoms with Gasteiger partial charge in [-0.15, -0.1) is 0 Å². The van der Waals surface area contributed by atoms with Crippen LogP contribution in [0.25, 0.3) is 10.4 Å². The van der Waals surface area contributed by atoms with E-state index in [2.05, 4.69) is 14.8 Å². The molecule has 0 spiro atoms. The Hall–Kier alpha value is -3.00. The van der Waals surface area contributed by atoms with Gasteiger partial charge in [0.25, 0.3) is 5.69 Å². The number of ether oxygens (including phenoxy) is 3. The molecular weight excluding hydrogens is 332 g/mol. The fourth-order valence-corrected chi connectivity index (χ4v) is 2.13. The van der Waals surface area contributed by atoms with E-state index in [9.17, 15) is 14.9 Å². The Balaban J connectivity index is 2.92. The molecule has 1 atom stereocenters. The second kappa shape index (κ2) is 9.99. The van der Waals surface area contributed by atoms with E-state index in [1.165, 1.54) is 26.4 Å². The van der Waals surface area contributed by atoms with Gasteiger partial charge in [0.15, 0.2) is 11.5 Å². The lowest BCUT2D eigenvalue weighted by molar-refractivity contribution is -0.385. The van der Waals surface area contributed by atoms with Crippen molar-refractivity contribution in [3.63, 3.8) is 0 Å². The third-order valence-corrected chi connectivity index (χ3v) is 3.45. The first kappa shape index (κ1) is 20.0. The van der Waals surface area contributed by atoms with Gasteiger partial charge in [-0.2, -0.15) is 0 Å². The number of rotatable bonds is 10. The van der Waals surface area contributed by atoms with Gasteiger partial charge in [0.05, 0.1) is 37.9 Å². The smallest absolute Gasteiger partial charge is 0.305 e. The Morgan fingerprint density at radius 1 is 1.36 bits per heavy atom. The van der Waals surface area contributed by atoms with Crippen molar-refractivity contribution in [2.45, 2.75) is 32.2 Å². The third-order valence-electron chi connectivity index (χ3n) is 3.45. The molecule has 10 heteroatoms. The summed E-state index contributed by atoms with van der Waals surface area (Å²) in [5, 5.41) is 14.8. The summed E-state index contributed by atoms with van der Waals surface area (Å²) < 4.78 is 15.3. The quantitative estimate of drug-likeness (QED) is 0.120. The monoisotopic (exact) mass is 352 g/mol. The summed E-state index contributed by atoms with van der Waals surface area (Å²) in [5.41, 5.74) is 8.55. The fourth-order valence-electron chi connectivity index (χ4n) is 2.13. The van der Waals surface area contributed by atoms with Crippen LogP contribution in [-0.4, -0.2) is 31.7 Å². The van der Waals surface area contributed by atoms with Crippen molar-refractivity contribution in [3.8, 4) is 11.5 Å². The maximum Gasteiger partial charge on any atom is 0.305 e. The van der Waals surface area contributed by atoms with Gasteiger partial charge in [-0.05, 0) is 24.4 Å². The van der Waals surface area contributed by atoms with Gasteiger partial charge in [0.1, 0.15) is 0 Å². The van der Waals surface area contributed by atoms with Gasteiger partial charge in [-0.25, -0.2) is 0 Å². The molecule has 0 aliphatic carbocycles. The molecule has 1 aromatic carbocycles. The molecule has 0 heterocycles. The highest BCUT2D eigenvalue weighted by Crippen LogP contribution is 2.38. The van der Waals surface area contributed by atoms with Crippen molar-refractivity contribution < 1.29 is 23.9 Å². The first-order valence-electron chi connectivity index (χ1n) is 7.54. The number of nitrogens with zero attached hydrogens (tertiary/aromatic N) is 4. The Morgan fingerprint density at radius 3 is 2.64 bits per heavy atom. The summed E-state index contributed by atoms with van der Waals surface area (Å²) in [4.78, 5) is 24.4. The lowest BCUT2D eigenvalue weighted by Crippen LogP contribution is -2.05. The number of azide groups is 1. The lowest BCUT2D eigenvalue weighted by atomic mass is 10.1. The van der Waals surface area contributed by atoms with Gasteiger partial charge in [-0.3, -0.25) is 14.9 Å². The minimum atomic E-state index is -0.728. The molecule has 0 aliphatic heterocycles. The molecule has 0 saturated carbocycles.